The summed E-state index contributed by atoms with van der Waals surface area (Å²) in [4.78, 5) is 48.0. The molecule has 0 saturated heterocycles. The van der Waals surface area contributed by atoms with E-state index in [1.807, 2.05) is 31.2 Å². The van der Waals surface area contributed by atoms with Gasteiger partial charge < -0.3 is 0 Å². The van der Waals surface area contributed by atoms with Gasteiger partial charge in [-0.25, -0.2) is 4.39 Å². The number of nitrogens with zero attached hydrogens (tertiary/aromatic N) is 2. The lowest BCUT2D eigenvalue weighted by molar-refractivity contribution is -0.387. The Labute approximate surface area is 248 Å². The lowest BCUT2D eigenvalue weighted by Gasteiger charge is -2.10. The second kappa shape index (κ2) is 13.7. The normalized spacial score (nSPS) is 10.6. The first-order valence-electron chi connectivity index (χ1n) is 12.3. The van der Waals surface area contributed by atoms with Crippen LogP contribution in [-0.4, -0.2) is 21.7 Å². The minimum Gasteiger partial charge on any atom is -0.267 e. The number of carbonyl (C=O) groups excluding carboxylic acids is 2. The smallest absolute Gasteiger partial charge is 0.267 e. The van der Waals surface area contributed by atoms with Crippen molar-refractivity contribution in [2.75, 3.05) is 0 Å². The van der Waals surface area contributed by atoms with Crippen molar-refractivity contribution in [1.29, 1.82) is 0 Å². The predicted molar refractivity (Wildman–Crippen MR) is 158 cm³/mol. The van der Waals surface area contributed by atoms with Gasteiger partial charge in [-0.1, -0.05) is 48.0 Å². The SMILES string of the molecule is Cc1ccc(CSc2ccc(C(=O)NNC(=O)c3ccc(SCc4ccccc4F)c([N+](=O)[O-])c3)cc2[N+](=O)[O-])cc1. The highest BCUT2D eigenvalue weighted by Crippen LogP contribution is 2.34. The number of hydrazine groups is 1. The summed E-state index contributed by atoms with van der Waals surface area (Å²) in [5.41, 5.74) is 6.03. The Balaban J connectivity index is 1.40. The fraction of sp³-hybridized carbons (Fsp3) is 0.103. The highest BCUT2D eigenvalue weighted by atomic mass is 32.2. The molecule has 2 amide bonds. The largest absolute Gasteiger partial charge is 0.283 e. The summed E-state index contributed by atoms with van der Waals surface area (Å²) in [6.45, 7) is 1.96. The number of amides is 2. The first-order chi connectivity index (χ1) is 20.1. The van der Waals surface area contributed by atoms with Crippen LogP contribution in [0.1, 0.15) is 37.4 Å². The number of nitro benzene ring substituents is 2. The summed E-state index contributed by atoms with van der Waals surface area (Å²) in [5.74, 6) is -1.44. The maximum Gasteiger partial charge on any atom is 0.283 e. The van der Waals surface area contributed by atoms with Crippen molar-refractivity contribution < 1.29 is 23.8 Å². The minimum atomic E-state index is -0.836. The molecule has 0 aliphatic rings. The zero-order chi connectivity index (χ0) is 30.2. The fourth-order valence-corrected chi connectivity index (χ4v) is 5.67. The molecule has 0 heterocycles. The van der Waals surface area contributed by atoms with Crippen LogP contribution in [-0.2, 0) is 11.5 Å². The van der Waals surface area contributed by atoms with Crippen LogP contribution in [0, 0.1) is 33.0 Å². The van der Waals surface area contributed by atoms with E-state index < -0.39 is 27.5 Å². The molecular weight excluding hydrogens is 583 g/mol. The third-order valence-electron chi connectivity index (χ3n) is 5.98. The van der Waals surface area contributed by atoms with Crippen molar-refractivity contribution in [3.05, 3.63) is 139 Å². The van der Waals surface area contributed by atoms with Crippen LogP contribution in [0.2, 0.25) is 0 Å². The Morgan fingerprint density at radius 1 is 0.738 bits per heavy atom. The second-order valence-corrected chi connectivity index (χ2v) is 11.0. The van der Waals surface area contributed by atoms with Gasteiger partial charge in [-0.05, 0) is 48.4 Å². The molecule has 0 bridgehead atoms. The summed E-state index contributed by atoms with van der Waals surface area (Å²) in [7, 11) is 0. The van der Waals surface area contributed by atoms with E-state index in [9.17, 15) is 34.2 Å². The van der Waals surface area contributed by atoms with Crippen LogP contribution in [0.15, 0.2) is 94.7 Å². The van der Waals surface area contributed by atoms with Gasteiger partial charge in [-0.2, -0.15) is 0 Å². The van der Waals surface area contributed by atoms with Gasteiger partial charge >= 0.3 is 0 Å². The number of thioether (sulfide) groups is 2. The van der Waals surface area contributed by atoms with E-state index in [1.165, 1.54) is 42.1 Å². The number of nitrogens with one attached hydrogen (secondary N) is 2. The fourth-order valence-electron chi connectivity index (χ4n) is 3.72. The topological polar surface area (TPSA) is 144 Å². The van der Waals surface area contributed by atoms with Crippen LogP contribution < -0.4 is 10.9 Å². The number of hydrogen-bond acceptors (Lipinski definition) is 8. The number of carbonyl (C=O) groups is 2. The zero-order valence-electron chi connectivity index (χ0n) is 22.0. The highest BCUT2D eigenvalue weighted by Gasteiger charge is 2.21. The van der Waals surface area contributed by atoms with Crippen LogP contribution >= 0.6 is 23.5 Å². The molecule has 0 aromatic heterocycles. The van der Waals surface area contributed by atoms with Gasteiger partial charge in [0.1, 0.15) is 5.82 Å². The molecule has 0 fully saturated rings. The van der Waals surface area contributed by atoms with Gasteiger partial charge in [0.15, 0.2) is 0 Å². The molecule has 4 aromatic carbocycles. The molecule has 0 unspecified atom stereocenters. The van der Waals surface area contributed by atoms with Gasteiger partial charge in [0.25, 0.3) is 23.2 Å². The first kappa shape index (κ1) is 30.2. The lowest BCUT2D eigenvalue weighted by Crippen LogP contribution is -2.41. The van der Waals surface area contributed by atoms with E-state index in [0.717, 1.165) is 35.0 Å². The quantitative estimate of drug-likeness (QED) is 0.117. The van der Waals surface area contributed by atoms with E-state index in [-0.39, 0.29) is 33.2 Å². The van der Waals surface area contributed by atoms with Crippen LogP contribution in [0.5, 0.6) is 0 Å². The minimum absolute atomic E-state index is 0.0624. The molecule has 4 rings (SSSR count). The zero-order valence-corrected chi connectivity index (χ0v) is 23.7. The number of halogens is 1. The summed E-state index contributed by atoms with van der Waals surface area (Å²) in [5, 5.41) is 23.3. The van der Waals surface area contributed by atoms with Gasteiger partial charge in [0.2, 0.25) is 0 Å². The van der Waals surface area contributed by atoms with E-state index in [4.69, 9.17) is 0 Å². The number of aryl methyl sites for hydroxylation is 1. The van der Waals surface area contributed by atoms with E-state index in [1.54, 1.807) is 18.2 Å². The van der Waals surface area contributed by atoms with Crippen LogP contribution in [0.4, 0.5) is 15.8 Å². The van der Waals surface area contributed by atoms with Gasteiger partial charge in [-0.3, -0.25) is 40.7 Å². The van der Waals surface area contributed by atoms with Crippen molar-refractivity contribution in [2.24, 2.45) is 0 Å². The summed E-state index contributed by atoms with van der Waals surface area (Å²) >= 11 is 2.31. The van der Waals surface area contributed by atoms with Gasteiger partial charge in [0.05, 0.1) is 19.6 Å². The van der Waals surface area contributed by atoms with E-state index in [0.29, 0.717) is 16.2 Å². The van der Waals surface area contributed by atoms with Crippen molar-refractivity contribution >= 4 is 46.7 Å². The summed E-state index contributed by atoms with van der Waals surface area (Å²) in [6, 6.07) is 21.6. The van der Waals surface area contributed by atoms with E-state index in [2.05, 4.69) is 10.9 Å². The van der Waals surface area contributed by atoms with Gasteiger partial charge in [-0.15, -0.1) is 23.5 Å². The van der Waals surface area contributed by atoms with Crippen LogP contribution in [0.25, 0.3) is 0 Å². The Hall–Kier alpha value is -4.75. The lowest BCUT2D eigenvalue weighted by atomic mass is 10.2. The Morgan fingerprint density at radius 3 is 1.74 bits per heavy atom. The number of rotatable bonds is 10. The molecular formula is C29H23FN4O6S2. The molecule has 42 heavy (non-hydrogen) atoms. The Morgan fingerprint density at radius 2 is 1.24 bits per heavy atom. The molecule has 0 aliphatic heterocycles. The number of nitro groups is 2. The molecule has 2 N–H and O–H groups in total. The maximum absolute atomic E-state index is 13.9. The molecule has 0 spiro atoms. The van der Waals surface area contributed by atoms with Crippen LogP contribution in [0.3, 0.4) is 0 Å². The standard InChI is InChI=1S/C29H23FN4O6S2/c1-18-6-8-19(9-7-18)16-41-26-12-10-20(14-24(26)33(37)38)28(35)31-32-29(36)21-11-13-27(25(15-21)34(39)40)42-17-22-4-2-3-5-23(22)30/h2-15H,16-17H2,1H3,(H,31,35)(H,32,36). The van der Waals surface area contributed by atoms with E-state index >= 15 is 0 Å². The predicted octanol–water partition coefficient (Wildman–Crippen LogP) is 6.61. The monoisotopic (exact) mass is 606 g/mol. The maximum atomic E-state index is 13.9. The molecule has 4 aromatic rings. The van der Waals surface area contributed by atoms with Crippen molar-refractivity contribution in [2.45, 2.75) is 28.2 Å². The third kappa shape index (κ3) is 7.71. The van der Waals surface area contributed by atoms with Crippen molar-refractivity contribution in [1.82, 2.24) is 10.9 Å². The average molecular weight is 607 g/mol. The Bertz CT molecular complexity index is 1670. The third-order valence-corrected chi connectivity index (χ3v) is 8.23. The number of benzene rings is 4. The second-order valence-electron chi connectivity index (χ2n) is 8.94. The molecule has 0 aliphatic carbocycles. The molecule has 0 atom stereocenters. The highest BCUT2D eigenvalue weighted by molar-refractivity contribution is 7.99. The number of hydrogen-bond donors (Lipinski definition) is 2. The molecule has 13 heteroatoms. The Kier molecular flexibility index (Phi) is 9.89. The van der Waals surface area contributed by atoms with Crippen molar-refractivity contribution in [3.63, 3.8) is 0 Å². The van der Waals surface area contributed by atoms with Gasteiger partial charge in [0, 0.05) is 34.8 Å². The molecule has 0 radical (unpaired) electrons. The summed E-state index contributed by atoms with van der Waals surface area (Å²) < 4.78 is 13.9. The summed E-state index contributed by atoms with van der Waals surface area (Å²) in [6.07, 6.45) is 0. The molecule has 10 nitrogen and oxygen atoms in total. The first-order valence-corrected chi connectivity index (χ1v) is 14.3. The average Bonchev–Trinajstić information content (AvgIpc) is 2.98. The van der Waals surface area contributed by atoms with Crippen molar-refractivity contribution in [3.8, 4) is 0 Å². The molecule has 214 valence electrons. The molecule has 0 saturated carbocycles.